The SMILES string of the molecule is CC[N+](C)(CCCO)CCCO.[OH-]. The van der Waals surface area contributed by atoms with E-state index in [4.69, 9.17) is 10.2 Å². The minimum Gasteiger partial charge on any atom is -0.870 e. The van der Waals surface area contributed by atoms with Gasteiger partial charge in [0, 0.05) is 26.1 Å². The molecule has 0 aliphatic carbocycles. The molecule has 3 N–H and O–H groups in total. The summed E-state index contributed by atoms with van der Waals surface area (Å²) in [5.74, 6) is 0. The van der Waals surface area contributed by atoms with Gasteiger partial charge in [0.05, 0.1) is 26.7 Å². The van der Waals surface area contributed by atoms with Gasteiger partial charge in [-0.05, 0) is 6.92 Å². The molecule has 0 rings (SSSR count). The zero-order valence-corrected chi connectivity index (χ0v) is 8.74. The van der Waals surface area contributed by atoms with E-state index in [0.29, 0.717) is 0 Å². The summed E-state index contributed by atoms with van der Waals surface area (Å²) in [6.45, 7) is 5.77. The highest BCUT2D eigenvalue weighted by molar-refractivity contribution is 4.40. The molecule has 0 aliphatic rings. The molecule has 0 atom stereocenters. The Balaban J connectivity index is 0. The molecular weight excluding hydrogens is 170 g/mol. The fraction of sp³-hybridized carbons (Fsp3) is 1.00. The van der Waals surface area contributed by atoms with E-state index in [0.717, 1.165) is 37.0 Å². The van der Waals surface area contributed by atoms with Crippen molar-refractivity contribution < 1.29 is 20.2 Å². The van der Waals surface area contributed by atoms with Crippen molar-refractivity contribution >= 4 is 0 Å². The van der Waals surface area contributed by atoms with Crippen LogP contribution in [0.25, 0.3) is 0 Å². The van der Waals surface area contributed by atoms with Crippen LogP contribution in [0, 0.1) is 0 Å². The van der Waals surface area contributed by atoms with Crippen LogP contribution in [0.5, 0.6) is 0 Å². The lowest BCUT2D eigenvalue weighted by Gasteiger charge is -2.33. The second kappa shape index (κ2) is 8.44. The Kier molecular flexibility index (Phi) is 9.94. The van der Waals surface area contributed by atoms with E-state index < -0.39 is 0 Å². The molecule has 0 aromatic rings. The van der Waals surface area contributed by atoms with E-state index in [1.165, 1.54) is 0 Å². The van der Waals surface area contributed by atoms with Gasteiger partial charge in [0.15, 0.2) is 0 Å². The van der Waals surface area contributed by atoms with E-state index in [2.05, 4.69) is 14.0 Å². The Hall–Kier alpha value is -0.160. The Morgan fingerprint density at radius 1 is 1.00 bits per heavy atom. The Morgan fingerprint density at radius 2 is 1.38 bits per heavy atom. The average molecular weight is 193 g/mol. The van der Waals surface area contributed by atoms with Crippen molar-refractivity contribution in [1.82, 2.24) is 0 Å². The third-order valence-corrected chi connectivity index (χ3v) is 2.48. The summed E-state index contributed by atoms with van der Waals surface area (Å²) in [6, 6.07) is 0. The summed E-state index contributed by atoms with van der Waals surface area (Å²) in [4.78, 5) is 0. The highest BCUT2D eigenvalue weighted by atomic mass is 16.3. The molecule has 0 radical (unpaired) electrons. The van der Waals surface area contributed by atoms with Gasteiger partial charge in [-0.1, -0.05) is 0 Å². The van der Waals surface area contributed by atoms with Crippen LogP contribution in [0.4, 0.5) is 0 Å². The second-order valence-corrected chi connectivity index (χ2v) is 3.54. The van der Waals surface area contributed by atoms with Crippen molar-refractivity contribution in [2.45, 2.75) is 19.8 Å². The van der Waals surface area contributed by atoms with Crippen molar-refractivity contribution in [3.8, 4) is 0 Å². The van der Waals surface area contributed by atoms with Gasteiger partial charge in [-0.3, -0.25) is 0 Å². The zero-order valence-electron chi connectivity index (χ0n) is 8.74. The Labute approximate surface area is 80.7 Å². The van der Waals surface area contributed by atoms with Crippen molar-refractivity contribution in [3.05, 3.63) is 0 Å². The molecular formula is C9H23NO3. The molecule has 0 saturated heterocycles. The Bertz CT molecular complexity index is 101. The zero-order chi connectivity index (χ0) is 9.45. The topological polar surface area (TPSA) is 70.5 Å². The molecule has 0 bridgehead atoms. The van der Waals surface area contributed by atoms with E-state index in [1.807, 2.05) is 0 Å². The van der Waals surface area contributed by atoms with E-state index in [9.17, 15) is 0 Å². The Morgan fingerprint density at radius 3 is 1.62 bits per heavy atom. The normalized spacial score (nSPS) is 11.1. The monoisotopic (exact) mass is 193 g/mol. The predicted molar refractivity (Wildman–Crippen MR) is 51.8 cm³/mol. The summed E-state index contributed by atoms with van der Waals surface area (Å²) < 4.78 is 0.959. The maximum absolute atomic E-state index is 8.69. The summed E-state index contributed by atoms with van der Waals surface area (Å²) in [7, 11) is 2.17. The number of aliphatic hydroxyl groups is 2. The number of aliphatic hydroxyl groups excluding tert-OH is 2. The van der Waals surface area contributed by atoms with Crippen LogP contribution in [-0.4, -0.2) is 60.1 Å². The largest absolute Gasteiger partial charge is 0.870 e. The van der Waals surface area contributed by atoms with Crippen LogP contribution < -0.4 is 0 Å². The van der Waals surface area contributed by atoms with Crippen molar-refractivity contribution in [1.29, 1.82) is 0 Å². The second-order valence-electron chi connectivity index (χ2n) is 3.54. The number of quaternary nitrogens is 1. The van der Waals surface area contributed by atoms with Crippen LogP contribution in [0.15, 0.2) is 0 Å². The van der Waals surface area contributed by atoms with Gasteiger partial charge in [0.1, 0.15) is 0 Å². The molecule has 0 unspecified atom stereocenters. The molecule has 0 saturated carbocycles. The van der Waals surface area contributed by atoms with Crippen LogP contribution in [0.3, 0.4) is 0 Å². The van der Waals surface area contributed by atoms with Gasteiger partial charge < -0.3 is 20.2 Å². The van der Waals surface area contributed by atoms with Crippen molar-refractivity contribution in [3.63, 3.8) is 0 Å². The molecule has 4 nitrogen and oxygen atoms in total. The first-order chi connectivity index (χ1) is 5.68. The fourth-order valence-corrected chi connectivity index (χ4v) is 1.33. The molecule has 0 aromatic heterocycles. The van der Waals surface area contributed by atoms with E-state index in [-0.39, 0.29) is 18.7 Å². The molecule has 0 heterocycles. The third kappa shape index (κ3) is 6.95. The minimum absolute atomic E-state index is 0. The smallest absolute Gasteiger partial charge is 0.0806 e. The first kappa shape index (κ1) is 15.3. The van der Waals surface area contributed by atoms with Crippen LogP contribution in [0.1, 0.15) is 19.8 Å². The summed E-state index contributed by atoms with van der Waals surface area (Å²) >= 11 is 0. The van der Waals surface area contributed by atoms with Crippen LogP contribution >= 0.6 is 0 Å². The van der Waals surface area contributed by atoms with Crippen molar-refractivity contribution in [2.75, 3.05) is 39.9 Å². The van der Waals surface area contributed by atoms with Gasteiger partial charge in [-0.2, -0.15) is 0 Å². The maximum Gasteiger partial charge on any atom is 0.0806 e. The lowest BCUT2D eigenvalue weighted by molar-refractivity contribution is -0.908. The molecule has 0 aromatic carbocycles. The third-order valence-electron chi connectivity index (χ3n) is 2.48. The fourth-order valence-electron chi connectivity index (χ4n) is 1.33. The summed E-state index contributed by atoms with van der Waals surface area (Å²) in [5, 5.41) is 17.4. The lowest BCUT2D eigenvalue weighted by atomic mass is 10.3. The first-order valence-corrected chi connectivity index (χ1v) is 4.74. The molecule has 82 valence electrons. The summed E-state index contributed by atoms with van der Waals surface area (Å²) in [6.07, 6.45) is 1.71. The van der Waals surface area contributed by atoms with Gasteiger partial charge in [0.2, 0.25) is 0 Å². The van der Waals surface area contributed by atoms with Gasteiger partial charge in [-0.25, -0.2) is 0 Å². The first-order valence-electron chi connectivity index (χ1n) is 4.74. The number of nitrogens with zero attached hydrogens (tertiary/aromatic N) is 1. The quantitative estimate of drug-likeness (QED) is 0.561. The maximum atomic E-state index is 8.69. The number of rotatable bonds is 7. The molecule has 0 spiro atoms. The van der Waals surface area contributed by atoms with E-state index in [1.54, 1.807) is 0 Å². The lowest BCUT2D eigenvalue weighted by Crippen LogP contribution is -2.45. The predicted octanol–water partition coefficient (Wildman–Crippen LogP) is 0.0409. The van der Waals surface area contributed by atoms with Gasteiger partial charge in [-0.15, -0.1) is 0 Å². The molecule has 0 aliphatic heterocycles. The van der Waals surface area contributed by atoms with Crippen LogP contribution in [0.2, 0.25) is 0 Å². The van der Waals surface area contributed by atoms with Gasteiger partial charge >= 0.3 is 0 Å². The minimum atomic E-state index is 0. The summed E-state index contributed by atoms with van der Waals surface area (Å²) in [5.41, 5.74) is 0. The highest BCUT2D eigenvalue weighted by Crippen LogP contribution is 2.04. The average Bonchev–Trinajstić information content (AvgIpc) is 2.11. The molecule has 0 amide bonds. The van der Waals surface area contributed by atoms with E-state index >= 15 is 0 Å². The van der Waals surface area contributed by atoms with Crippen LogP contribution in [-0.2, 0) is 0 Å². The van der Waals surface area contributed by atoms with Crippen molar-refractivity contribution in [2.24, 2.45) is 0 Å². The molecule has 4 heteroatoms. The number of hydrogen-bond acceptors (Lipinski definition) is 3. The molecule has 13 heavy (non-hydrogen) atoms. The standard InChI is InChI=1S/C9H22NO2.H2O/c1-3-10(2,6-4-8-11)7-5-9-12;/h11-12H,3-9H2,1-2H3;1H2/q+1;/p-1. The number of hydrogen-bond donors (Lipinski definition) is 2. The highest BCUT2D eigenvalue weighted by Gasteiger charge is 2.17. The van der Waals surface area contributed by atoms with Gasteiger partial charge in [0.25, 0.3) is 0 Å². The molecule has 0 fully saturated rings.